The van der Waals surface area contributed by atoms with Crippen LogP contribution in [0.15, 0.2) is 97.2 Å². The quantitative estimate of drug-likeness (QED) is 0.250. The van der Waals surface area contributed by atoms with Gasteiger partial charge in [-0.05, 0) is 47.5 Å². The van der Waals surface area contributed by atoms with Crippen molar-refractivity contribution in [1.29, 1.82) is 0 Å². The molecule has 37 heavy (non-hydrogen) atoms. The van der Waals surface area contributed by atoms with Crippen molar-refractivity contribution in [3.63, 3.8) is 0 Å². The van der Waals surface area contributed by atoms with Gasteiger partial charge in [0.2, 0.25) is 0 Å². The first-order valence-corrected chi connectivity index (χ1v) is 12.1. The van der Waals surface area contributed by atoms with Gasteiger partial charge in [0.1, 0.15) is 23.9 Å². The molecule has 1 aromatic heterocycles. The summed E-state index contributed by atoms with van der Waals surface area (Å²) in [6, 6.07) is 30.6. The second-order valence-electron chi connectivity index (χ2n) is 8.68. The molecule has 0 saturated heterocycles. The van der Waals surface area contributed by atoms with Crippen LogP contribution >= 0.6 is 0 Å². The third kappa shape index (κ3) is 4.38. The fourth-order valence-electron chi connectivity index (χ4n) is 4.66. The molecule has 184 valence electrons. The lowest BCUT2D eigenvalue weighted by molar-refractivity contribution is 0.312. The van der Waals surface area contributed by atoms with Crippen molar-refractivity contribution < 1.29 is 18.9 Å². The van der Waals surface area contributed by atoms with Crippen LogP contribution in [-0.4, -0.2) is 32.4 Å². The molecule has 0 atom stereocenters. The van der Waals surface area contributed by atoms with E-state index in [-0.39, 0.29) is 0 Å². The molecule has 0 amide bonds. The van der Waals surface area contributed by atoms with Gasteiger partial charge in [0.15, 0.2) is 11.5 Å². The Morgan fingerprint density at radius 3 is 2.30 bits per heavy atom. The van der Waals surface area contributed by atoms with Crippen LogP contribution in [0.25, 0.3) is 22.0 Å². The Morgan fingerprint density at radius 2 is 1.51 bits per heavy atom. The van der Waals surface area contributed by atoms with Gasteiger partial charge in [0.05, 0.1) is 32.0 Å². The standard InChI is InChI=1S/C31H26N2O4/c1-34-30-19-25-26(20-31(30)35-2)32-15-14-28(25)37-24-12-13-27-29(18-24)36-17-16-33(27)23-10-8-22(9-11-23)21-6-4-3-5-7-21/h3-15,18-20H,16-17H2,1-2H3. The third-order valence-electron chi connectivity index (χ3n) is 6.52. The molecule has 1 aliphatic heterocycles. The molecule has 4 aromatic carbocycles. The van der Waals surface area contributed by atoms with Gasteiger partial charge in [-0.2, -0.15) is 0 Å². The molecule has 0 radical (unpaired) electrons. The van der Waals surface area contributed by atoms with Crippen LogP contribution < -0.4 is 23.8 Å². The number of anilines is 2. The fourth-order valence-corrected chi connectivity index (χ4v) is 4.66. The summed E-state index contributed by atoms with van der Waals surface area (Å²) in [4.78, 5) is 6.73. The second kappa shape index (κ2) is 9.74. The Balaban J connectivity index is 1.28. The number of pyridine rings is 1. The van der Waals surface area contributed by atoms with Crippen molar-refractivity contribution in [1.82, 2.24) is 4.98 Å². The molecule has 0 fully saturated rings. The normalized spacial score (nSPS) is 12.5. The van der Waals surface area contributed by atoms with Crippen LogP contribution in [0.2, 0.25) is 0 Å². The Hall–Kier alpha value is -4.71. The number of hydrogen-bond acceptors (Lipinski definition) is 6. The highest BCUT2D eigenvalue weighted by molar-refractivity contribution is 5.88. The maximum atomic E-state index is 6.30. The molecule has 0 saturated carbocycles. The summed E-state index contributed by atoms with van der Waals surface area (Å²) in [5.41, 5.74) is 5.30. The number of methoxy groups -OCH3 is 2. The van der Waals surface area contributed by atoms with Crippen LogP contribution in [0, 0.1) is 0 Å². The van der Waals surface area contributed by atoms with Gasteiger partial charge in [0, 0.05) is 29.4 Å². The van der Waals surface area contributed by atoms with E-state index in [9.17, 15) is 0 Å². The topological polar surface area (TPSA) is 53.0 Å². The summed E-state index contributed by atoms with van der Waals surface area (Å²) in [7, 11) is 3.22. The average Bonchev–Trinajstić information content (AvgIpc) is 2.96. The van der Waals surface area contributed by atoms with Crippen molar-refractivity contribution in [3.8, 4) is 39.9 Å². The predicted molar refractivity (Wildman–Crippen MR) is 146 cm³/mol. The number of ether oxygens (including phenoxy) is 4. The molecule has 6 heteroatoms. The van der Waals surface area contributed by atoms with Crippen LogP contribution in [-0.2, 0) is 0 Å². The molecular formula is C31H26N2O4. The highest BCUT2D eigenvalue weighted by atomic mass is 16.5. The van der Waals surface area contributed by atoms with E-state index in [0.29, 0.717) is 29.6 Å². The molecular weight excluding hydrogens is 464 g/mol. The first-order valence-electron chi connectivity index (χ1n) is 12.1. The number of fused-ring (bicyclic) bond motifs is 2. The summed E-state index contributed by atoms with van der Waals surface area (Å²) in [6.45, 7) is 1.36. The second-order valence-corrected chi connectivity index (χ2v) is 8.68. The van der Waals surface area contributed by atoms with Crippen LogP contribution in [0.4, 0.5) is 11.4 Å². The average molecular weight is 491 g/mol. The molecule has 0 spiro atoms. The molecule has 0 bridgehead atoms. The van der Waals surface area contributed by atoms with Crippen molar-refractivity contribution >= 4 is 22.3 Å². The maximum absolute atomic E-state index is 6.30. The molecule has 0 N–H and O–H groups in total. The first-order chi connectivity index (χ1) is 18.2. The van der Waals surface area contributed by atoms with E-state index in [1.807, 2.05) is 42.5 Å². The molecule has 5 aromatic rings. The van der Waals surface area contributed by atoms with Gasteiger partial charge in [-0.15, -0.1) is 0 Å². The number of aromatic nitrogens is 1. The highest BCUT2D eigenvalue weighted by Crippen LogP contribution is 2.42. The first kappa shape index (κ1) is 22.7. The third-order valence-corrected chi connectivity index (χ3v) is 6.52. The highest BCUT2D eigenvalue weighted by Gasteiger charge is 2.21. The Kier molecular flexibility index (Phi) is 5.98. The zero-order valence-electron chi connectivity index (χ0n) is 20.7. The SMILES string of the molecule is COc1cc2nccc(Oc3ccc4c(c3)OCCN4c3ccc(-c4ccccc4)cc3)c2cc1OC. The van der Waals surface area contributed by atoms with Gasteiger partial charge in [-0.1, -0.05) is 42.5 Å². The lowest BCUT2D eigenvalue weighted by Crippen LogP contribution is -2.28. The van der Waals surface area contributed by atoms with E-state index in [1.54, 1.807) is 20.4 Å². The van der Waals surface area contributed by atoms with E-state index in [4.69, 9.17) is 18.9 Å². The summed E-state index contributed by atoms with van der Waals surface area (Å²) in [5.74, 6) is 3.39. The fraction of sp³-hybridized carbons (Fsp3) is 0.129. The Bertz CT molecular complexity index is 1550. The van der Waals surface area contributed by atoms with Crippen LogP contribution in [0.5, 0.6) is 28.7 Å². The number of benzene rings is 4. The predicted octanol–water partition coefficient (Wildman–Crippen LogP) is 7.24. The largest absolute Gasteiger partial charge is 0.493 e. The summed E-state index contributed by atoms with van der Waals surface area (Å²) >= 11 is 0. The zero-order chi connectivity index (χ0) is 25.2. The molecule has 6 nitrogen and oxygen atoms in total. The van der Waals surface area contributed by atoms with Gasteiger partial charge in [-0.25, -0.2) is 0 Å². The summed E-state index contributed by atoms with van der Waals surface area (Å²) < 4.78 is 23.2. The minimum atomic E-state index is 0.589. The number of rotatable bonds is 6. The number of nitrogens with zero attached hydrogens (tertiary/aromatic N) is 2. The van der Waals surface area contributed by atoms with Gasteiger partial charge in [0.25, 0.3) is 0 Å². The Labute approximate surface area is 215 Å². The minimum Gasteiger partial charge on any atom is -0.493 e. The van der Waals surface area contributed by atoms with Crippen LogP contribution in [0.3, 0.4) is 0 Å². The van der Waals surface area contributed by atoms with E-state index in [0.717, 1.165) is 34.6 Å². The Morgan fingerprint density at radius 1 is 0.757 bits per heavy atom. The van der Waals surface area contributed by atoms with E-state index in [1.165, 1.54) is 11.1 Å². The summed E-state index contributed by atoms with van der Waals surface area (Å²) in [5, 5.41) is 0.832. The minimum absolute atomic E-state index is 0.589. The lowest BCUT2D eigenvalue weighted by Gasteiger charge is -2.31. The van der Waals surface area contributed by atoms with E-state index < -0.39 is 0 Å². The number of hydrogen-bond donors (Lipinski definition) is 0. The van der Waals surface area contributed by atoms with Gasteiger partial charge < -0.3 is 23.8 Å². The molecule has 6 rings (SSSR count). The monoisotopic (exact) mass is 490 g/mol. The van der Waals surface area contributed by atoms with Crippen molar-refractivity contribution in [2.24, 2.45) is 0 Å². The van der Waals surface area contributed by atoms with E-state index >= 15 is 0 Å². The molecule has 1 aliphatic rings. The van der Waals surface area contributed by atoms with Crippen LogP contribution in [0.1, 0.15) is 0 Å². The summed E-state index contributed by atoms with van der Waals surface area (Å²) in [6.07, 6.45) is 1.72. The zero-order valence-corrected chi connectivity index (χ0v) is 20.7. The lowest BCUT2D eigenvalue weighted by atomic mass is 10.1. The maximum Gasteiger partial charge on any atom is 0.162 e. The smallest absolute Gasteiger partial charge is 0.162 e. The van der Waals surface area contributed by atoms with Crippen molar-refractivity contribution in [2.45, 2.75) is 0 Å². The van der Waals surface area contributed by atoms with Gasteiger partial charge >= 0.3 is 0 Å². The molecule has 0 unspecified atom stereocenters. The molecule has 0 aliphatic carbocycles. The molecule has 2 heterocycles. The van der Waals surface area contributed by atoms with E-state index in [2.05, 4.69) is 58.4 Å². The van der Waals surface area contributed by atoms with Crippen molar-refractivity contribution in [3.05, 3.63) is 97.2 Å². The van der Waals surface area contributed by atoms with Gasteiger partial charge in [-0.3, -0.25) is 4.98 Å². The van der Waals surface area contributed by atoms with Crippen molar-refractivity contribution in [2.75, 3.05) is 32.3 Å².